The zero-order valence-corrected chi connectivity index (χ0v) is 22.8. The second-order valence-corrected chi connectivity index (χ2v) is 11.9. The van der Waals surface area contributed by atoms with Gasteiger partial charge in [0.15, 0.2) is 9.84 Å². The minimum absolute atomic E-state index is 0.0400. The van der Waals surface area contributed by atoms with Crippen LogP contribution in [0.1, 0.15) is 54.8 Å². The average Bonchev–Trinajstić information content (AvgIpc) is 3.40. The van der Waals surface area contributed by atoms with Crippen molar-refractivity contribution in [1.82, 2.24) is 10.3 Å². The lowest BCUT2D eigenvalue weighted by Gasteiger charge is -2.28. The number of nitrogens with one attached hydrogen (secondary N) is 1. The Labute approximate surface area is 231 Å². The predicted octanol–water partition coefficient (Wildman–Crippen LogP) is 4.43. The molecule has 0 aliphatic carbocycles. The second kappa shape index (κ2) is 12.3. The first-order valence-electron chi connectivity index (χ1n) is 12.5. The fraction of sp³-hybridized carbons (Fsp3) is 0.333. The summed E-state index contributed by atoms with van der Waals surface area (Å²) < 4.78 is 43.1. The maximum atomic E-state index is 13.8. The smallest absolute Gasteiger partial charge is 0.404 e. The van der Waals surface area contributed by atoms with E-state index in [0.717, 1.165) is 18.4 Å². The molecule has 12 heteroatoms. The molecule has 3 aromatic rings. The molecule has 0 bridgehead atoms. The first kappa shape index (κ1) is 28.8. The summed E-state index contributed by atoms with van der Waals surface area (Å²) in [6.07, 6.45) is 0.956. The minimum Gasteiger partial charge on any atom is -0.448 e. The molecular formula is C27H30ClFN4O5S. The van der Waals surface area contributed by atoms with Crippen molar-refractivity contribution in [3.05, 3.63) is 88.3 Å². The molecular weight excluding hydrogens is 547 g/mol. The number of sulfone groups is 1. The van der Waals surface area contributed by atoms with E-state index in [-0.39, 0.29) is 29.1 Å². The molecule has 0 saturated carbocycles. The van der Waals surface area contributed by atoms with Crippen molar-refractivity contribution in [2.75, 3.05) is 23.8 Å². The zero-order chi connectivity index (χ0) is 28.2. The SMILES string of the molecule is CCS(=O)(=O)c1ccc([C@H](COC(N)=O)NC(O)c2cnc(N3CCCC3c3cccc(F)c3)c(Cl)c2)cc1. The number of hydrogen-bond donors (Lipinski definition) is 3. The number of aliphatic hydroxyl groups excluding tert-OH is 1. The third kappa shape index (κ3) is 6.85. The Hall–Kier alpha value is -3.25. The number of ether oxygens (including phenoxy) is 1. The van der Waals surface area contributed by atoms with Crippen LogP contribution in [0.15, 0.2) is 65.7 Å². The van der Waals surface area contributed by atoms with Gasteiger partial charge in [-0.3, -0.25) is 5.32 Å². The van der Waals surface area contributed by atoms with Gasteiger partial charge in [-0.1, -0.05) is 42.8 Å². The zero-order valence-electron chi connectivity index (χ0n) is 21.3. The molecule has 4 N–H and O–H groups in total. The quantitative estimate of drug-likeness (QED) is 0.302. The summed E-state index contributed by atoms with van der Waals surface area (Å²) in [5.41, 5.74) is 6.90. The highest BCUT2D eigenvalue weighted by atomic mass is 35.5. The van der Waals surface area contributed by atoms with Crippen LogP contribution in [0.2, 0.25) is 5.02 Å². The van der Waals surface area contributed by atoms with Crippen LogP contribution in [0, 0.1) is 5.82 Å². The third-order valence-corrected chi connectivity index (χ3v) is 8.72. The van der Waals surface area contributed by atoms with E-state index in [1.54, 1.807) is 31.2 Å². The number of nitrogens with two attached hydrogens (primary N) is 1. The van der Waals surface area contributed by atoms with Crippen LogP contribution in [0.5, 0.6) is 0 Å². The van der Waals surface area contributed by atoms with Gasteiger partial charge in [-0.15, -0.1) is 0 Å². The molecule has 39 heavy (non-hydrogen) atoms. The predicted molar refractivity (Wildman–Crippen MR) is 146 cm³/mol. The first-order chi connectivity index (χ1) is 18.6. The highest BCUT2D eigenvalue weighted by molar-refractivity contribution is 7.91. The summed E-state index contributed by atoms with van der Waals surface area (Å²) in [5.74, 6) is 0.182. The molecule has 1 amide bonds. The van der Waals surface area contributed by atoms with E-state index in [1.807, 2.05) is 11.0 Å². The number of carbonyl (C=O) groups excluding carboxylic acids is 1. The molecule has 208 valence electrons. The molecule has 1 aromatic heterocycles. The number of benzene rings is 2. The first-order valence-corrected chi connectivity index (χ1v) is 14.5. The van der Waals surface area contributed by atoms with Crippen LogP contribution in [0.4, 0.5) is 15.0 Å². The van der Waals surface area contributed by atoms with Gasteiger partial charge in [-0.05, 0) is 54.3 Å². The fourth-order valence-electron chi connectivity index (χ4n) is 4.65. The minimum atomic E-state index is -3.39. The molecule has 0 spiro atoms. The number of anilines is 1. The average molecular weight is 577 g/mol. The number of aromatic nitrogens is 1. The number of carbonyl (C=O) groups is 1. The summed E-state index contributed by atoms with van der Waals surface area (Å²) in [4.78, 5) is 17.9. The molecule has 1 aliphatic heterocycles. The van der Waals surface area contributed by atoms with Gasteiger partial charge in [0.05, 0.1) is 27.8 Å². The molecule has 1 saturated heterocycles. The number of halogens is 2. The maximum Gasteiger partial charge on any atom is 0.404 e. The van der Waals surface area contributed by atoms with Gasteiger partial charge < -0.3 is 20.5 Å². The Morgan fingerprint density at radius 2 is 2.00 bits per heavy atom. The summed E-state index contributed by atoms with van der Waals surface area (Å²) in [7, 11) is -3.39. The Balaban J connectivity index is 1.53. The molecule has 1 fully saturated rings. The van der Waals surface area contributed by atoms with Crippen molar-refractivity contribution in [1.29, 1.82) is 0 Å². The molecule has 2 aromatic carbocycles. The van der Waals surface area contributed by atoms with Crippen molar-refractivity contribution in [2.45, 2.75) is 43.0 Å². The number of nitrogens with zero attached hydrogens (tertiary/aromatic N) is 2. The lowest BCUT2D eigenvalue weighted by molar-refractivity contribution is 0.0920. The largest absolute Gasteiger partial charge is 0.448 e. The lowest BCUT2D eigenvalue weighted by Crippen LogP contribution is -2.31. The lowest BCUT2D eigenvalue weighted by atomic mass is 10.0. The van der Waals surface area contributed by atoms with E-state index in [4.69, 9.17) is 22.1 Å². The second-order valence-electron chi connectivity index (χ2n) is 9.20. The maximum absolute atomic E-state index is 13.8. The Morgan fingerprint density at radius 3 is 2.64 bits per heavy atom. The Morgan fingerprint density at radius 1 is 1.26 bits per heavy atom. The molecule has 0 radical (unpaired) electrons. The van der Waals surface area contributed by atoms with Gasteiger partial charge in [-0.2, -0.15) is 0 Å². The molecule has 2 unspecified atom stereocenters. The molecule has 9 nitrogen and oxygen atoms in total. The highest BCUT2D eigenvalue weighted by Crippen LogP contribution is 2.39. The van der Waals surface area contributed by atoms with Crippen LogP contribution < -0.4 is 16.0 Å². The number of primary amides is 1. The standard InChI is InChI=1S/C27H30ClFN4O5S/c1-2-39(36,37)21-10-8-17(9-11-21)23(16-38-27(30)35)32-26(34)19-14-22(28)25(31-15-19)33-12-4-7-24(33)18-5-3-6-20(29)13-18/h3,5-6,8-11,13-15,23-24,26,32,34H,2,4,7,12,16H2,1H3,(H2,30,35)/t23-,24?,26?/m0/s1. The summed E-state index contributed by atoms with van der Waals surface area (Å²) in [6.45, 7) is 2.04. The van der Waals surface area contributed by atoms with Crippen molar-refractivity contribution < 1.29 is 27.4 Å². The Kier molecular flexibility index (Phi) is 9.06. The summed E-state index contributed by atoms with van der Waals surface area (Å²) in [5, 5.41) is 14.2. The van der Waals surface area contributed by atoms with Gasteiger partial charge in [-0.25, -0.2) is 22.6 Å². The molecule has 4 rings (SSSR count). The van der Waals surface area contributed by atoms with Crippen LogP contribution in [-0.4, -0.2) is 43.5 Å². The summed E-state index contributed by atoms with van der Waals surface area (Å²) in [6, 6.07) is 13.3. The normalized spacial score (nSPS) is 17.1. The molecule has 1 aliphatic rings. The van der Waals surface area contributed by atoms with Crippen LogP contribution >= 0.6 is 11.6 Å². The Bertz CT molecular complexity index is 1420. The number of rotatable bonds is 10. The van der Waals surface area contributed by atoms with Crippen molar-refractivity contribution in [3.63, 3.8) is 0 Å². The van der Waals surface area contributed by atoms with Crippen LogP contribution in [-0.2, 0) is 14.6 Å². The van der Waals surface area contributed by atoms with E-state index in [2.05, 4.69) is 10.3 Å². The fourth-order valence-corrected chi connectivity index (χ4v) is 5.82. The van der Waals surface area contributed by atoms with Crippen molar-refractivity contribution in [3.8, 4) is 0 Å². The number of amides is 1. The van der Waals surface area contributed by atoms with Gasteiger partial charge in [0.2, 0.25) is 0 Å². The van der Waals surface area contributed by atoms with Gasteiger partial charge >= 0.3 is 6.09 Å². The molecule has 3 atom stereocenters. The monoisotopic (exact) mass is 576 g/mol. The van der Waals surface area contributed by atoms with Crippen molar-refractivity contribution in [2.24, 2.45) is 5.73 Å². The van der Waals surface area contributed by atoms with Gasteiger partial charge in [0, 0.05) is 18.3 Å². The van der Waals surface area contributed by atoms with E-state index in [1.165, 1.54) is 30.5 Å². The van der Waals surface area contributed by atoms with Crippen LogP contribution in [0.3, 0.4) is 0 Å². The topological polar surface area (TPSA) is 135 Å². The van der Waals surface area contributed by atoms with Gasteiger partial charge in [0.1, 0.15) is 24.5 Å². The van der Waals surface area contributed by atoms with Crippen molar-refractivity contribution >= 4 is 33.3 Å². The van der Waals surface area contributed by atoms with E-state index < -0.39 is 28.2 Å². The number of hydrogen-bond acceptors (Lipinski definition) is 8. The van der Waals surface area contributed by atoms with E-state index in [0.29, 0.717) is 28.5 Å². The summed E-state index contributed by atoms with van der Waals surface area (Å²) >= 11 is 6.61. The van der Waals surface area contributed by atoms with Crippen LogP contribution in [0.25, 0.3) is 0 Å². The van der Waals surface area contributed by atoms with E-state index in [9.17, 15) is 22.7 Å². The third-order valence-electron chi connectivity index (χ3n) is 6.69. The van der Waals surface area contributed by atoms with E-state index >= 15 is 0 Å². The van der Waals surface area contributed by atoms with Gasteiger partial charge in [0.25, 0.3) is 0 Å². The number of pyridine rings is 1. The molecule has 2 heterocycles. The highest BCUT2D eigenvalue weighted by Gasteiger charge is 2.29. The number of aliphatic hydroxyl groups is 1.